The van der Waals surface area contributed by atoms with Gasteiger partial charge in [-0.15, -0.1) is 4.67 Å². The molecule has 2 aromatic rings. The second kappa shape index (κ2) is 13.8. The Morgan fingerprint density at radius 3 is 2.37 bits per heavy atom. The minimum Gasteiger partial charge on any atom is -0.352 e. The summed E-state index contributed by atoms with van der Waals surface area (Å²) in [6.45, 7) is 12.3. The lowest BCUT2D eigenvalue weighted by molar-refractivity contribution is -0.131. The number of urea groups is 1. The molecular weight excluding hydrogens is 603 g/mol. The molecule has 46 heavy (non-hydrogen) atoms. The Hall–Kier alpha value is -3.39. The third kappa shape index (κ3) is 6.69. The molecule has 3 unspecified atom stereocenters. The van der Waals surface area contributed by atoms with Gasteiger partial charge in [0.2, 0.25) is 5.91 Å². The van der Waals surface area contributed by atoms with Crippen LogP contribution in [-0.4, -0.2) is 82.0 Å². The monoisotopic (exact) mass is 649 g/mol. The Morgan fingerprint density at radius 1 is 1.13 bits per heavy atom. The zero-order chi connectivity index (χ0) is 33.2. The van der Waals surface area contributed by atoms with Gasteiger partial charge in [0.05, 0.1) is 31.2 Å². The lowest BCUT2D eigenvalue weighted by atomic mass is 9.84. The number of hydrogen-bond donors (Lipinski definition) is 2. The molecule has 3 aliphatic heterocycles. The normalized spacial score (nSPS) is 28.1. The first-order valence-electron chi connectivity index (χ1n) is 16.1. The molecule has 6 atom stereocenters. The second-order valence-corrected chi connectivity index (χ2v) is 15.5. The van der Waals surface area contributed by atoms with Gasteiger partial charge in [-0.2, -0.15) is 9.79 Å². The van der Waals surface area contributed by atoms with Gasteiger partial charge in [-0.25, -0.2) is 9.69 Å². The van der Waals surface area contributed by atoms with Gasteiger partial charge in [0, 0.05) is 30.7 Å². The van der Waals surface area contributed by atoms with Crippen LogP contribution in [0.1, 0.15) is 66.0 Å². The highest BCUT2D eigenvalue weighted by Gasteiger charge is 2.56. The molecule has 2 fully saturated rings. The predicted octanol–water partition coefficient (Wildman–Crippen LogP) is 5.51. The fourth-order valence-corrected chi connectivity index (χ4v) is 9.88. The molecule has 11 nitrogen and oxygen atoms in total. The number of imide groups is 1. The molecule has 0 spiro atoms. The number of hydrogen-bond acceptors (Lipinski definition) is 9. The minimum absolute atomic E-state index is 0.00972. The summed E-state index contributed by atoms with van der Waals surface area (Å²) in [7, 11) is -3.18. The lowest BCUT2D eigenvalue weighted by Crippen LogP contribution is -2.65. The second-order valence-electron chi connectivity index (χ2n) is 13.1. The van der Waals surface area contributed by atoms with Gasteiger partial charge in [0.1, 0.15) is 29.7 Å². The number of ether oxygens (including phenoxy) is 1. The van der Waals surface area contributed by atoms with Crippen LogP contribution < -0.4 is 10.2 Å². The summed E-state index contributed by atoms with van der Waals surface area (Å²) in [4.78, 5) is 47.8. The van der Waals surface area contributed by atoms with Gasteiger partial charge in [0.25, 0.3) is 0 Å². The van der Waals surface area contributed by atoms with Crippen molar-refractivity contribution < 1.29 is 23.7 Å². The van der Waals surface area contributed by atoms with Crippen molar-refractivity contribution in [2.75, 3.05) is 24.2 Å². The molecule has 12 heteroatoms. The predicted molar refractivity (Wildman–Crippen MR) is 179 cm³/mol. The fourth-order valence-electron chi connectivity index (χ4n) is 6.91. The third-order valence-corrected chi connectivity index (χ3v) is 12.1. The zero-order valence-corrected chi connectivity index (χ0v) is 28.4. The standard InChI is InChI=1S/C34H45N6O5P/c1-23(2)40(24(3)4)46(43,19-13-18-35)45-29-20-30(44-25(29)5)39-22-34(6,32(41)37-33(39)42)31-36-28(26-14-9-7-10-15-26)21-38(31)27-16-11-8-12-17-27/h7-12,14-17,23-25,28-30,43H,13,19-22H2,1-6H3/p+1/t25-,28?,29+,30-,34?,46?/m1/s1. The molecule has 0 radical (unpaired) electrons. The maximum absolute atomic E-state index is 13.7. The van der Waals surface area contributed by atoms with Gasteiger partial charge in [-0.3, -0.25) is 20.0 Å². The lowest BCUT2D eigenvalue weighted by Gasteiger charge is -2.43. The van der Waals surface area contributed by atoms with Crippen LogP contribution in [0.3, 0.4) is 0 Å². The highest BCUT2D eigenvalue weighted by atomic mass is 31.2. The molecule has 2 aromatic carbocycles. The number of nitriles is 1. The molecule has 0 aromatic heterocycles. The number of anilines is 1. The topological polar surface area (TPSA) is 131 Å². The molecule has 2 N–H and O–H groups in total. The number of amides is 3. The Morgan fingerprint density at radius 2 is 1.76 bits per heavy atom. The number of amidine groups is 1. The van der Waals surface area contributed by atoms with E-state index in [2.05, 4.69) is 16.3 Å². The molecular formula is C34H46N6O5P+. The van der Waals surface area contributed by atoms with E-state index in [1.54, 1.807) is 4.90 Å². The first-order chi connectivity index (χ1) is 21.9. The van der Waals surface area contributed by atoms with Crippen molar-refractivity contribution in [1.29, 1.82) is 5.26 Å². The van der Waals surface area contributed by atoms with E-state index in [9.17, 15) is 19.7 Å². The van der Waals surface area contributed by atoms with Crippen molar-refractivity contribution in [2.45, 2.75) is 90.9 Å². The van der Waals surface area contributed by atoms with Gasteiger partial charge >= 0.3 is 13.9 Å². The van der Waals surface area contributed by atoms with Crippen LogP contribution in [0.4, 0.5) is 10.5 Å². The van der Waals surface area contributed by atoms with Crippen molar-refractivity contribution >= 4 is 31.3 Å². The average Bonchev–Trinajstić information content (AvgIpc) is 3.63. The first-order valence-corrected chi connectivity index (χ1v) is 17.9. The minimum atomic E-state index is -3.18. The highest BCUT2D eigenvalue weighted by Crippen LogP contribution is 2.63. The number of carbonyl (C=O) groups excluding carboxylic acids is 2. The van der Waals surface area contributed by atoms with Crippen LogP contribution in [-0.2, 0) is 14.1 Å². The van der Waals surface area contributed by atoms with Crippen molar-refractivity contribution in [3.8, 4) is 6.07 Å². The maximum Gasteiger partial charge on any atom is 0.347 e. The average molecular weight is 650 g/mol. The van der Waals surface area contributed by atoms with Crippen LogP contribution in [0.25, 0.3) is 0 Å². The Labute approximate surface area is 272 Å². The van der Waals surface area contributed by atoms with Crippen LogP contribution in [0.5, 0.6) is 0 Å². The highest BCUT2D eigenvalue weighted by molar-refractivity contribution is 7.63. The van der Waals surface area contributed by atoms with E-state index in [1.165, 1.54) is 0 Å². The smallest absolute Gasteiger partial charge is 0.347 e. The van der Waals surface area contributed by atoms with E-state index in [4.69, 9.17) is 14.3 Å². The molecule has 3 heterocycles. The van der Waals surface area contributed by atoms with Crippen LogP contribution in [0, 0.1) is 16.7 Å². The number of para-hydroxylation sites is 1. The van der Waals surface area contributed by atoms with E-state index < -0.39 is 43.7 Å². The molecule has 3 aliphatic rings. The molecule has 5 rings (SSSR count). The Balaban J connectivity index is 1.42. The van der Waals surface area contributed by atoms with Gasteiger partial charge in [-0.1, -0.05) is 48.5 Å². The quantitative estimate of drug-likeness (QED) is 0.305. The number of rotatable bonds is 11. The Kier molecular flexibility index (Phi) is 10.2. The van der Waals surface area contributed by atoms with Crippen LogP contribution in [0.2, 0.25) is 0 Å². The molecule has 2 saturated heterocycles. The number of nitrogens with one attached hydrogen (secondary N) is 1. The summed E-state index contributed by atoms with van der Waals surface area (Å²) < 4.78 is 14.8. The molecule has 3 amide bonds. The molecule has 0 aliphatic carbocycles. The van der Waals surface area contributed by atoms with Gasteiger partial charge in [-0.05, 0) is 59.2 Å². The number of nitrogens with zero attached hydrogens (tertiary/aromatic N) is 5. The molecule has 0 bridgehead atoms. The van der Waals surface area contributed by atoms with Crippen LogP contribution in [0.15, 0.2) is 65.7 Å². The first kappa shape index (κ1) is 34.0. The summed E-state index contributed by atoms with van der Waals surface area (Å²) in [5.41, 5.74) is 0.783. The van der Waals surface area contributed by atoms with Crippen molar-refractivity contribution in [2.24, 2.45) is 10.4 Å². The number of aliphatic imine (C=N–C) groups is 1. The summed E-state index contributed by atoms with van der Waals surface area (Å²) in [5, 5.41) is 11.9. The summed E-state index contributed by atoms with van der Waals surface area (Å²) >= 11 is 0. The van der Waals surface area contributed by atoms with Gasteiger partial charge in [0.15, 0.2) is 0 Å². The molecule has 0 saturated carbocycles. The van der Waals surface area contributed by atoms with Crippen molar-refractivity contribution in [1.82, 2.24) is 14.9 Å². The van der Waals surface area contributed by atoms with E-state index >= 15 is 0 Å². The largest absolute Gasteiger partial charge is 0.352 e. The van der Waals surface area contributed by atoms with E-state index in [0.717, 1.165) is 11.3 Å². The number of carbonyl (C=O) groups is 2. The summed E-state index contributed by atoms with van der Waals surface area (Å²) in [5.74, 6) is 0.171. The third-order valence-electron chi connectivity index (χ3n) is 9.02. The Bertz CT molecular complexity index is 1460. The van der Waals surface area contributed by atoms with E-state index in [1.807, 2.05) is 107 Å². The summed E-state index contributed by atoms with van der Waals surface area (Å²) in [6, 6.07) is 21.2. The van der Waals surface area contributed by atoms with Crippen LogP contribution >= 0.6 is 7.87 Å². The van der Waals surface area contributed by atoms with E-state index in [-0.39, 0.29) is 37.3 Å². The van der Waals surface area contributed by atoms with Crippen molar-refractivity contribution in [3.63, 3.8) is 0 Å². The van der Waals surface area contributed by atoms with Gasteiger partial charge < -0.3 is 9.64 Å². The zero-order valence-electron chi connectivity index (χ0n) is 27.5. The maximum atomic E-state index is 13.7. The SMILES string of the molecule is CC(C)N(C(C)C)[P+](O)(CCC#N)O[C@H]1C[C@H](N2CC(C)(C3=NC(c4ccccc4)CN3c3ccccc3)C(=O)NC2=O)O[C@@H]1C. The summed E-state index contributed by atoms with van der Waals surface area (Å²) in [6.07, 6.45) is -0.985. The number of benzene rings is 2. The molecule has 246 valence electrons. The fraction of sp³-hybridized carbons (Fsp3) is 0.529. The van der Waals surface area contributed by atoms with E-state index in [0.29, 0.717) is 18.8 Å². The van der Waals surface area contributed by atoms with Crippen molar-refractivity contribution in [3.05, 3.63) is 66.2 Å².